The topological polar surface area (TPSA) is 52.6 Å². The number of rotatable bonds is 6. The summed E-state index contributed by atoms with van der Waals surface area (Å²) in [4.78, 5) is 23.7. The first kappa shape index (κ1) is 17.9. The van der Waals surface area contributed by atoms with Crippen molar-refractivity contribution in [3.63, 3.8) is 0 Å². The predicted molar refractivity (Wildman–Crippen MR) is 74.6 cm³/mol. The average Bonchev–Trinajstić information content (AvgIpc) is 2.19. The van der Waals surface area contributed by atoms with Crippen LogP contribution in [0.4, 0.5) is 0 Å². The summed E-state index contributed by atoms with van der Waals surface area (Å²) in [7, 11) is 0. The van der Waals surface area contributed by atoms with Crippen molar-refractivity contribution >= 4 is 11.9 Å². The number of hydrogen-bond donors (Lipinski definition) is 0. The van der Waals surface area contributed by atoms with Crippen LogP contribution in [0.5, 0.6) is 0 Å². The third kappa shape index (κ3) is 8.62. The van der Waals surface area contributed by atoms with E-state index in [4.69, 9.17) is 9.47 Å². The molecule has 0 fully saturated rings. The summed E-state index contributed by atoms with van der Waals surface area (Å²) >= 11 is 0. The van der Waals surface area contributed by atoms with Gasteiger partial charge in [-0.2, -0.15) is 0 Å². The maximum atomic E-state index is 12.0. The molecule has 0 saturated carbocycles. The lowest BCUT2D eigenvalue weighted by molar-refractivity contribution is -0.163. The average molecular weight is 272 g/mol. The third-order valence-electron chi connectivity index (χ3n) is 2.47. The molecule has 4 heteroatoms. The molecule has 0 aliphatic rings. The van der Waals surface area contributed by atoms with Crippen LogP contribution in [0.15, 0.2) is 0 Å². The van der Waals surface area contributed by atoms with Crippen LogP contribution in [0.1, 0.15) is 54.9 Å². The highest BCUT2D eigenvalue weighted by molar-refractivity contribution is 5.80. The Morgan fingerprint density at radius 2 is 1.58 bits per heavy atom. The number of esters is 2. The summed E-state index contributed by atoms with van der Waals surface area (Å²) in [6.07, 6.45) is 0.0753. The normalized spacial score (nSPS) is 13.5. The standard InChI is InChI=1S/C15H28O4/c1-10(2)9-18-14(17)12(11(3)4)8-13(16)19-15(5,6)7/h10-12H,8-9H2,1-7H3/t12-/m0/s1. The second-order valence-corrected chi connectivity index (χ2v) is 6.66. The number of ether oxygens (including phenoxy) is 2. The van der Waals surface area contributed by atoms with Crippen LogP contribution in [-0.2, 0) is 19.1 Å². The molecule has 1 atom stereocenters. The van der Waals surface area contributed by atoms with Crippen molar-refractivity contribution in [1.29, 1.82) is 0 Å². The molecule has 112 valence electrons. The number of hydrogen-bond acceptors (Lipinski definition) is 4. The monoisotopic (exact) mass is 272 g/mol. The van der Waals surface area contributed by atoms with E-state index in [1.54, 1.807) is 0 Å². The first-order valence-corrected chi connectivity index (χ1v) is 6.91. The lowest BCUT2D eigenvalue weighted by Gasteiger charge is -2.23. The molecule has 0 aliphatic heterocycles. The molecule has 0 aromatic rings. The molecule has 0 saturated heterocycles. The van der Waals surface area contributed by atoms with Crippen LogP contribution in [0.2, 0.25) is 0 Å². The van der Waals surface area contributed by atoms with Crippen molar-refractivity contribution in [2.24, 2.45) is 17.8 Å². The molecule has 0 amide bonds. The Morgan fingerprint density at radius 3 is 1.95 bits per heavy atom. The molecule has 0 unspecified atom stereocenters. The molecule has 4 nitrogen and oxygen atoms in total. The molecule has 0 radical (unpaired) electrons. The van der Waals surface area contributed by atoms with Gasteiger partial charge in [0.15, 0.2) is 0 Å². The fourth-order valence-electron chi connectivity index (χ4n) is 1.51. The van der Waals surface area contributed by atoms with Gasteiger partial charge in [-0.1, -0.05) is 27.7 Å². The summed E-state index contributed by atoms with van der Waals surface area (Å²) in [6, 6.07) is 0. The highest BCUT2D eigenvalue weighted by Gasteiger charge is 2.29. The van der Waals surface area contributed by atoms with Crippen molar-refractivity contribution in [1.82, 2.24) is 0 Å². The summed E-state index contributed by atoms with van der Waals surface area (Å²) in [5.41, 5.74) is -0.527. The van der Waals surface area contributed by atoms with Gasteiger partial charge >= 0.3 is 11.9 Å². The molecule has 0 aromatic carbocycles. The molecule has 0 rings (SSSR count). The molecule has 0 aliphatic carbocycles. The second-order valence-electron chi connectivity index (χ2n) is 6.66. The van der Waals surface area contributed by atoms with Crippen LogP contribution < -0.4 is 0 Å². The Balaban J connectivity index is 4.49. The van der Waals surface area contributed by atoms with E-state index in [1.807, 2.05) is 48.5 Å². The van der Waals surface area contributed by atoms with Crippen LogP contribution >= 0.6 is 0 Å². The van der Waals surface area contributed by atoms with Gasteiger partial charge in [0.25, 0.3) is 0 Å². The van der Waals surface area contributed by atoms with Gasteiger partial charge in [-0.05, 0) is 32.6 Å². The Morgan fingerprint density at radius 1 is 1.05 bits per heavy atom. The molecular weight excluding hydrogens is 244 g/mol. The maximum Gasteiger partial charge on any atom is 0.309 e. The van der Waals surface area contributed by atoms with Crippen LogP contribution in [-0.4, -0.2) is 24.1 Å². The van der Waals surface area contributed by atoms with Crippen LogP contribution in [0.3, 0.4) is 0 Å². The van der Waals surface area contributed by atoms with Crippen molar-refractivity contribution in [2.75, 3.05) is 6.61 Å². The van der Waals surface area contributed by atoms with Crippen LogP contribution in [0.25, 0.3) is 0 Å². The number of carbonyl (C=O) groups excluding carboxylic acids is 2. The molecular formula is C15H28O4. The van der Waals surface area contributed by atoms with Crippen molar-refractivity contribution < 1.29 is 19.1 Å². The van der Waals surface area contributed by atoms with E-state index in [0.29, 0.717) is 12.5 Å². The Bertz CT molecular complexity index is 300. The van der Waals surface area contributed by atoms with Crippen molar-refractivity contribution in [3.05, 3.63) is 0 Å². The van der Waals surface area contributed by atoms with Gasteiger partial charge in [0.05, 0.1) is 18.9 Å². The first-order chi connectivity index (χ1) is 8.53. The SMILES string of the molecule is CC(C)COC(=O)[C@@H](CC(=O)OC(C)(C)C)C(C)C. The highest BCUT2D eigenvalue weighted by atomic mass is 16.6. The minimum atomic E-state index is -0.527. The summed E-state index contributed by atoms with van der Waals surface area (Å²) in [6.45, 7) is 13.6. The van der Waals surface area contributed by atoms with E-state index in [2.05, 4.69) is 0 Å². The van der Waals surface area contributed by atoms with Gasteiger partial charge in [0.2, 0.25) is 0 Å². The van der Waals surface area contributed by atoms with E-state index < -0.39 is 11.5 Å². The first-order valence-electron chi connectivity index (χ1n) is 6.91. The van der Waals surface area contributed by atoms with Crippen molar-refractivity contribution in [3.8, 4) is 0 Å². The molecule has 19 heavy (non-hydrogen) atoms. The molecule has 0 aromatic heterocycles. The zero-order valence-electron chi connectivity index (χ0n) is 13.3. The zero-order chi connectivity index (χ0) is 15.2. The highest BCUT2D eigenvalue weighted by Crippen LogP contribution is 2.20. The zero-order valence-corrected chi connectivity index (χ0v) is 13.3. The predicted octanol–water partition coefficient (Wildman–Crippen LogP) is 3.19. The Labute approximate surface area is 116 Å². The third-order valence-corrected chi connectivity index (χ3v) is 2.47. The van der Waals surface area contributed by atoms with Gasteiger partial charge in [-0.3, -0.25) is 9.59 Å². The van der Waals surface area contributed by atoms with Gasteiger partial charge in [0, 0.05) is 0 Å². The second kappa shape index (κ2) is 7.51. The van der Waals surface area contributed by atoms with Gasteiger partial charge in [0.1, 0.15) is 5.60 Å². The van der Waals surface area contributed by atoms with Gasteiger partial charge in [-0.15, -0.1) is 0 Å². The van der Waals surface area contributed by atoms with E-state index >= 15 is 0 Å². The lowest BCUT2D eigenvalue weighted by Crippen LogP contribution is -2.30. The number of carbonyl (C=O) groups is 2. The van der Waals surface area contributed by atoms with E-state index in [0.717, 1.165) is 0 Å². The van der Waals surface area contributed by atoms with E-state index in [1.165, 1.54) is 0 Å². The Kier molecular flexibility index (Phi) is 7.09. The maximum absolute atomic E-state index is 12.0. The Hall–Kier alpha value is -1.06. The van der Waals surface area contributed by atoms with Crippen LogP contribution in [0, 0.1) is 17.8 Å². The molecule has 0 N–H and O–H groups in total. The van der Waals surface area contributed by atoms with Gasteiger partial charge in [-0.25, -0.2) is 0 Å². The summed E-state index contributed by atoms with van der Waals surface area (Å²) in [5, 5.41) is 0. The minimum absolute atomic E-state index is 0.0483. The molecule has 0 heterocycles. The lowest BCUT2D eigenvalue weighted by atomic mass is 9.92. The molecule has 0 bridgehead atoms. The fourth-order valence-corrected chi connectivity index (χ4v) is 1.51. The largest absolute Gasteiger partial charge is 0.465 e. The fraction of sp³-hybridized carbons (Fsp3) is 0.867. The van der Waals surface area contributed by atoms with Gasteiger partial charge < -0.3 is 9.47 Å². The minimum Gasteiger partial charge on any atom is -0.465 e. The summed E-state index contributed by atoms with van der Waals surface area (Å²) in [5.74, 6) is -0.763. The quantitative estimate of drug-likeness (QED) is 0.697. The summed E-state index contributed by atoms with van der Waals surface area (Å²) < 4.78 is 10.5. The van der Waals surface area contributed by atoms with E-state index in [-0.39, 0.29) is 24.3 Å². The smallest absolute Gasteiger partial charge is 0.309 e. The van der Waals surface area contributed by atoms with E-state index in [9.17, 15) is 9.59 Å². The van der Waals surface area contributed by atoms with Crippen molar-refractivity contribution in [2.45, 2.75) is 60.5 Å². The molecule has 0 spiro atoms.